The van der Waals surface area contributed by atoms with Crippen LogP contribution in [0, 0.1) is 0 Å². The number of carbonyl (C=O) groups is 1. The summed E-state index contributed by atoms with van der Waals surface area (Å²) in [5.74, 6) is 0. The van der Waals surface area contributed by atoms with Crippen LogP contribution in [0.2, 0.25) is 0 Å². The first kappa shape index (κ1) is 12.7. The van der Waals surface area contributed by atoms with E-state index in [1.54, 1.807) is 13.8 Å². The lowest BCUT2D eigenvalue weighted by atomic mass is 9.91. The van der Waals surface area contributed by atoms with E-state index in [1.807, 2.05) is 37.3 Å². The molecule has 1 aromatic carbocycles. The molecular formula is C13H18N2O3. The van der Waals surface area contributed by atoms with Crippen LogP contribution in [0.1, 0.15) is 27.2 Å². The number of carbonyl (C=O) groups excluding carboxylic acids is 1. The fourth-order valence-corrected chi connectivity index (χ4v) is 1.95. The summed E-state index contributed by atoms with van der Waals surface area (Å²) < 4.78 is 5.27. The van der Waals surface area contributed by atoms with Crippen LogP contribution in [0.15, 0.2) is 30.3 Å². The molecule has 0 aromatic heterocycles. The molecule has 2 rings (SSSR count). The number of benzene rings is 1. The fraction of sp³-hybridized carbons (Fsp3) is 0.462. The smallest absolute Gasteiger partial charge is 0.432 e. The van der Waals surface area contributed by atoms with Gasteiger partial charge in [0.05, 0.1) is 5.69 Å². The molecule has 18 heavy (non-hydrogen) atoms. The van der Waals surface area contributed by atoms with Crippen molar-refractivity contribution in [1.29, 1.82) is 0 Å². The van der Waals surface area contributed by atoms with Gasteiger partial charge in [-0.3, -0.25) is 5.43 Å². The number of ether oxygens (including phenoxy) is 1. The van der Waals surface area contributed by atoms with Crippen LogP contribution >= 0.6 is 0 Å². The summed E-state index contributed by atoms with van der Waals surface area (Å²) in [6.45, 7) is 5.16. The Bertz CT molecular complexity index is 447. The van der Waals surface area contributed by atoms with Crippen LogP contribution < -0.4 is 5.43 Å². The lowest BCUT2D eigenvalue weighted by Gasteiger charge is -2.36. The fourth-order valence-electron chi connectivity index (χ4n) is 1.95. The monoisotopic (exact) mass is 250 g/mol. The van der Waals surface area contributed by atoms with Crippen molar-refractivity contribution >= 4 is 11.8 Å². The highest BCUT2D eigenvalue weighted by atomic mass is 16.6. The topological polar surface area (TPSA) is 61.8 Å². The molecular weight excluding hydrogens is 232 g/mol. The van der Waals surface area contributed by atoms with Gasteiger partial charge in [0.15, 0.2) is 11.3 Å². The van der Waals surface area contributed by atoms with Crippen LogP contribution in [0.5, 0.6) is 0 Å². The molecule has 5 nitrogen and oxygen atoms in total. The normalized spacial score (nSPS) is 31.3. The van der Waals surface area contributed by atoms with Gasteiger partial charge in [0.2, 0.25) is 0 Å². The molecule has 1 heterocycles. The minimum absolute atomic E-state index is 0.526. The molecule has 2 atom stereocenters. The standard InChI is InChI=1S/C13H18N2O3/c1-4-12(2)13(3,17)15(11(16)18-12)14-10-8-6-5-7-9-10/h5-9,14,17H,4H2,1-3H3/t12-,13+/m0/s1. The summed E-state index contributed by atoms with van der Waals surface area (Å²) in [7, 11) is 0. The summed E-state index contributed by atoms with van der Waals surface area (Å²) >= 11 is 0. The average molecular weight is 250 g/mol. The molecule has 1 aromatic rings. The van der Waals surface area contributed by atoms with Gasteiger partial charge in [-0.15, -0.1) is 0 Å². The quantitative estimate of drug-likeness (QED) is 0.864. The van der Waals surface area contributed by atoms with Gasteiger partial charge in [-0.05, 0) is 32.4 Å². The molecule has 0 spiro atoms. The van der Waals surface area contributed by atoms with E-state index in [-0.39, 0.29) is 0 Å². The van der Waals surface area contributed by atoms with Gasteiger partial charge in [0, 0.05) is 0 Å². The number of hydrogen-bond donors (Lipinski definition) is 2. The molecule has 1 amide bonds. The molecule has 1 aliphatic rings. The highest BCUT2D eigenvalue weighted by Gasteiger charge is 2.59. The van der Waals surface area contributed by atoms with Gasteiger partial charge in [-0.2, -0.15) is 5.01 Å². The zero-order valence-electron chi connectivity index (χ0n) is 10.8. The molecule has 1 fully saturated rings. The Morgan fingerprint density at radius 3 is 2.44 bits per heavy atom. The number of rotatable bonds is 3. The largest absolute Gasteiger partial charge is 0.437 e. The number of aliphatic hydroxyl groups is 1. The number of amides is 1. The highest BCUT2D eigenvalue weighted by Crippen LogP contribution is 2.39. The summed E-state index contributed by atoms with van der Waals surface area (Å²) in [4.78, 5) is 11.8. The van der Waals surface area contributed by atoms with Crippen molar-refractivity contribution in [2.45, 2.75) is 38.5 Å². The van der Waals surface area contributed by atoms with Gasteiger partial charge in [-0.25, -0.2) is 4.79 Å². The van der Waals surface area contributed by atoms with Crippen molar-refractivity contribution in [3.8, 4) is 0 Å². The van der Waals surface area contributed by atoms with E-state index in [0.29, 0.717) is 6.42 Å². The Morgan fingerprint density at radius 1 is 1.33 bits per heavy atom. The summed E-state index contributed by atoms with van der Waals surface area (Å²) in [6.07, 6.45) is -0.0492. The number of cyclic esters (lactones) is 1. The third-order valence-corrected chi connectivity index (χ3v) is 3.62. The highest BCUT2D eigenvalue weighted by molar-refractivity contribution is 5.74. The first-order chi connectivity index (χ1) is 8.40. The number of nitrogens with zero attached hydrogens (tertiary/aromatic N) is 1. The maximum atomic E-state index is 11.8. The van der Waals surface area contributed by atoms with Crippen LogP contribution in [-0.4, -0.2) is 27.5 Å². The lowest BCUT2D eigenvalue weighted by Crippen LogP contribution is -2.56. The lowest BCUT2D eigenvalue weighted by molar-refractivity contribution is -0.131. The number of hydrogen-bond acceptors (Lipinski definition) is 4. The van der Waals surface area contributed by atoms with Crippen molar-refractivity contribution in [1.82, 2.24) is 5.01 Å². The number of nitrogens with one attached hydrogen (secondary N) is 1. The van der Waals surface area contributed by atoms with Gasteiger partial charge in [0.25, 0.3) is 0 Å². The minimum Gasteiger partial charge on any atom is -0.437 e. The van der Waals surface area contributed by atoms with Crippen molar-refractivity contribution in [2.75, 3.05) is 5.43 Å². The van der Waals surface area contributed by atoms with Crippen molar-refractivity contribution < 1.29 is 14.6 Å². The zero-order valence-corrected chi connectivity index (χ0v) is 10.8. The molecule has 0 radical (unpaired) electrons. The van der Waals surface area contributed by atoms with Crippen molar-refractivity contribution in [2.24, 2.45) is 0 Å². The second kappa shape index (κ2) is 4.17. The Morgan fingerprint density at radius 2 is 1.94 bits per heavy atom. The van der Waals surface area contributed by atoms with Gasteiger partial charge in [0.1, 0.15) is 0 Å². The second-order valence-corrected chi connectivity index (χ2v) is 4.79. The predicted molar refractivity (Wildman–Crippen MR) is 67.7 cm³/mol. The van der Waals surface area contributed by atoms with Gasteiger partial charge >= 0.3 is 6.09 Å². The van der Waals surface area contributed by atoms with Crippen LogP contribution in [0.25, 0.3) is 0 Å². The second-order valence-electron chi connectivity index (χ2n) is 4.79. The summed E-state index contributed by atoms with van der Waals surface area (Å²) in [5.41, 5.74) is 1.26. The zero-order chi connectivity index (χ0) is 13.4. The molecule has 98 valence electrons. The third-order valence-electron chi connectivity index (χ3n) is 3.62. The molecule has 0 unspecified atom stereocenters. The Kier molecular flexibility index (Phi) is 2.94. The number of anilines is 1. The van der Waals surface area contributed by atoms with E-state index in [1.165, 1.54) is 0 Å². The maximum Gasteiger partial charge on any atom is 0.432 e. The molecule has 5 heteroatoms. The van der Waals surface area contributed by atoms with Crippen LogP contribution in [0.3, 0.4) is 0 Å². The van der Waals surface area contributed by atoms with Crippen molar-refractivity contribution in [3.05, 3.63) is 30.3 Å². The van der Waals surface area contributed by atoms with E-state index in [4.69, 9.17) is 4.74 Å². The number of para-hydroxylation sites is 1. The van der Waals surface area contributed by atoms with Crippen molar-refractivity contribution in [3.63, 3.8) is 0 Å². The van der Waals surface area contributed by atoms with E-state index in [9.17, 15) is 9.90 Å². The van der Waals surface area contributed by atoms with Gasteiger partial charge < -0.3 is 9.84 Å². The van der Waals surface area contributed by atoms with Crippen LogP contribution in [0.4, 0.5) is 10.5 Å². The van der Waals surface area contributed by atoms with Crippen LogP contribution in [-0.2, 0) is 4.74 Å². The first-order valence-corrected chi connectivity index (χ1v) is 5.98. The van der Waals surface area contributed by atoms with E-state index >= 15 is 0 Å². The molecule has 1 saturated heterocycles. The third kappa shape index (κ3) is 1.80. The average Bonchev–Trinajstić information content (AvgIpc) is 2.51. The van der Waals surface area contributed by atoms with Gasteiger partial charge in [-0.1, -0.05) is 25.1 Å². The van der Waals surface area contributed by atoms with E-state index in [0.717, 1.165) is 10.7 Å². The number of hydrazine groups is 1. The minimum atomic E-state index is -1.41. The molecule has 0 saturated carbocycles. The molecule has 0 bridgehead atoms. The summed E-state index contributed by atoms with van der Waals surface area (Å²) in [5, 5.41) is 11.7. The van der Waals surface area contributed by atoms with E-state index in [2.05, 4.69) is 5.43 Å². The Balaban J connectivity index is 2.26. The predicted octanol–water partition coefficient (Wildman–Crippen LogP) is 2.34. The molecule has 1 aliphatic heterocycles. The van der Waals surface area contributed by atoms with E-state index < -0.39 is 17.4 Å². The summed E-state index contributed by atoms with van der Waals surface area (Å²) in [6, 6.07) is 9.19. The maximum absolute atomic E-state index is 11.8. The first-order valence-electron chi connectivity index (χ1n) is 5.98. The molecule has 2 N–H and O–H groups in total. The Labute approximate surface area is 106 Å². The SMILES string of the molecule is CC[C@]1(C)OC(=O)N(Nc2ccccc2)[C@]1(C)O. The molecule has 0 aliphatic carbocycles. The Hall–Kier alpha value is -1.75.